The van der Waals surface area contributed by atoms with Crippen molar-refractivity contribution in [2.75, 3.05) is 0 Å². The molecule has 3 atom stereocenters. The first kappa shape index (κ1) is 28.5. The number of imide groups is 1. The van der Waals surface area contributed by atoms with Gasteiger partial charge in [0.2, 0.25) is 11.8 Å². The average Bonchev–Trinajstić information content (AvgIpc) is 3.42. The summed E-state index contributed by atoms with van der Waals surface area (Å²) in [7, 11) is 0. The fourth-order valence-corrected chi connectivity index (χ4v) is 5.63. The minimum absolute atomic E-state index is 0.00450. The van der Waals surface area contributed by atoms with Crippen molar-refractivity contribution in [3.05, 3.63) is 40.8 Å². The van der Waals surface area contributed by atoms with Gasteiger partial charge in [-0.25, -0.2) is 4.98 Å². The second kappa shape index (κ2) is 11.3. The number of aromatic nitrogens is 1. The van der Waals surface area contributed by atoms with E-state index in [-0.39, 0.29) is 41.1 Å². The smallest absolute Gasteiger partial charge is 0.416 e. The molecule has 13 heteroatoms. The van der Waals surface area contributed by atoms with Crippen LogP contribution >= 0.6 is 11.8 Å². The molecule has 0 radical (unpaired) electrons. The normalized spacial score (nSPS) is 22.7. The molecule has 1 aromatic carbocycles. The lowest BCUT2D eigenvalue weighted by molar-refractivity contribution is -0.143. The molecule has 208 valence electrons. The summed E-state index contributed by atoms with van der Waals surface area (Å²) >= 11 is 1.01. The van der Waals surface area contributed by atoms with Crippen LogP contribution in [0, 0.1) is 5.92 Å². The minimum atomic E-state index is -4.98. The molecule has 1 N–H and O–H groups in total. The van der Waals surface area contributed by atoms with E-state index < -0.39 is 29.0 Å². The highest BCUT2D eigenvalue weighted by atomic mass is 32.2. The molecule has 1 saturated heterocycles. The second-order valence-corrected chi connectivity index (χ2v) is 10.6. The van der Waals surface area contributed by atoms with Gasteiger partial charge < -0.3 is 9.15 Å². The number of carbonyl (C=O) groups excluding carboxylic acids is 2. The molecule has 1 unspecified atom stereocenters. The zero-order chi connectivity index (χ0) is 27.7. The fourth-order valence-electron chi connectivity index (χ4n) is 4.80. The predicted octanol–water partition coefficient (Wildman–Crippen LogP) is 7.15. The van der Waals surface area contributed by atoms with Crippen molar-refractivity contribution in [2.45, 2.75) is 82.2 Å². The van der Waals surface area contributed by atoms with Crippen LogP contribution < -0.4 is 5.32 Å². The summed E-state index contributed by atoms with van der Waals surface area (Å²) in [5, 5.41) is 1.57. The van der Waals surface area contributed by atoms with Crippen molar-refractivity contribution >= 4 is 22.9 Å². The van der Waals surface area contributed by atoms with Crippen LogP contribution in [0.25, 0.3) is 11.5 Å². The third-order valence-electron chi connectivity index (χ3n) is 6.73. The standard InChI is InChI=1S/C25H26F6N2O4S/c1-2-19-18(12-36-17-5-3-4-13(8-17)6-7-20-21(34)33-23(35)38-20)32-22(37-19)14-9-15(24(26,27)28)11-16(10-14)25(29,30)31/h9-11,13,17,20H,2-8,12H2,1H3,(H,33,34,35)/t13-,17-,20?/m0/s1. The van der Waals surface area contributed by atoms with Crippen LogP contribution in [0.1, 0.15) is 68.0 Å². The van der Waals surface area contributed by atoms with E-state index in [9.17, 15) is 35.9 Å². The van der Waals surface area contributed by atoms with Gasteiger partial charge >= 0.3 is 12.4 Å². The van der Waals surface area contributed by atoms with Crippen LogP contribution in [-0.4, -0.2) is 27.5 Å². The molecular formula is C25H26F6N2O4S. The predicted molar refractivity (Wildman–Crippen MR) is 126 cm³/mol. The van der Waals surface area contributed by atoms with Gasteiger partial charge in [-0.2, -0.15) is 26.3 Å². The maximum atomic E-state index is 13.3. The largest absolute Gasteiger partial charge is 0.441 e. The van der Waals surface area contributed by atoms with E-state index in [0.717, 1.165) is 43.9 Å². The number of carbonyl (C=O) groups is 2. The summed E-state index contributed by atoms with van der Waals surface area (Å²) in [6.45, 7) is 1.74. The molecule has 1 aliphatic carbocycles. The number of benzene rings is 1. The van der Waals surface area contributed by atoms with E-state index >= 15 is 0 Å². The first-order valence-corrected chi connectivity index (χ1v) is 13.1. The van der Waals surface area contributed by atoms with Gasteiger partial charge in [-0.3, -0.25) is 14.9 Å². The Hall–Kier alpha value is -2.54. The van der Waals surface area contributed by atoms with Crippen LogP contribution in [-0.2, 0) is 34.9 Å². The number of amides is 2. The van der Waals surface area contributed by atoms with E-state index in [2.05, 4.69) is 10.3 Å². The fraction of sp³-hybridized carbons (Fsp3) is 0.560. The average molecular weight is 565 g/mol. The van der Waals surface area contributed by atoms with Crippen LogP contribution in [0.4, 0.5) is 31.1 Å². The number of rotatable bonds is 8. The highest BCUT2D eigenvalue weighted by Crippen LogP contribution is 2.39. The number of nitrogens with zero attached hydrogens (tertiary/aromatic N) is 1. The van der Waals surface area contributed by atoms with Gasteiger partial charge in [0, 0.05) is 12.0 Å². The first-order valence-electron chi connectivity index (χ1n) is 12.2. The summed E-state index contributed by atoms with van der Waals surface area (Å²) in [5.74, 6) is 0.0376. The molecular weight excluding hydrogens is 538 g/mol. The Balaban J connectivity index is 1.43. The van der Waals surface area contributed by atoms with Crippen molar-refractivity contribution in [3.63, 3.8) is 0 Å². The van der Waals surface area contributed by atoms with Crippen LogP contribution in [0.3, 0.4) is 0 Å². The number of nitrogens with one attached hydrogen (secondary N) is 1. The highest BCUT2D eigenvalue weighted by Gasteiger charge is 2.38. The van der Waals surface area contributed by atoms with Gasteiger partial charge in [-0.1, -0.05) is 31.5 Å². The number of hydrogen-bond donors (Lipinski definition) is 1. The van der Waals surface area contributed by atoms with E-state index in [0.29, 0.717) is 42.3 Å². The second-order valence-electron chi connectivity index (χ2n) is 9.46. The molecule has 6 nitrogen and oxygen atoms in total. The lowest BCUT2D eigenvalue weighted by atomic mass is 9.84. The number of hydrogen-bond acceptors (Lipinski definition) is 6. The molecule has 2 aliphatic rings. The van der Waals surface area contributed by atoms with Gasteiger partial charge in [0.1, 0.15) is 11.5 Å². The van der Waals surface area contributed by atoms with Crippen molar-refractivity contribution in [1.82, 2.24) is 10.3 Å². The van der Waals surface area contributed by atoms with E-state index in [1.807, 2.05) is 0 Å². The first-order chi connectivity index (χ1) is 17.8. The SMILES string of the molecule is CCc1oc(-c2cc(C(F)(F)F)cc(C(F)(F)F)c2)nc1CO[C@H]1CCC[C@@H](CCC2SC(=O)NC2=O)C1. The lowest BCUT2D eigenvalue weighted by Crippen LogP contribution is -2.26. The number of ether oxygens (including phenoxy) is 1. The third-order valence-corrected chi connectivity index (χ3v) is 7.78. The minimum Gasteiger partial charge on any atom is -0.441 e. The number of oxazole rings is 1. The van der Waals surface area contributed by atoms with Gasteiger partial charge in [0.05, 0.1) is 29.1 Å². The topological polar surface area (TPSA) is 81.4 Å². The summed E-state index contributed by atoms with van der Waals surface area (Å²) in [6.07, 6.45) is -4.98. The zero-order valence-electron chi connectivity index (χ0n) is 20.4. The Morgan fingerprint density at radius 2 is 1.74 bits per heavy atom. The summed E-state index contributed by atoms with van der Waals surface area (Å²) in [4.78, 5) is 27.3. The van der Waals surface area contributed by atoms with Crippen LogP contribution in [0.5, 0.6) is 0 Å². The van der Waals surface area contributed by atoms with Crippen molar-refractivity contribution in [1.29, 1.82) is 0 Å². The third kappa shape index (κ3) is 6.90. The van der Waals surface area contributed by atoms with Crippen molar-refractivity contribution in [3.8, 4) is 11.5 Å². The summed E-state index contributed by atoms with van der Waals surface area (Å²) < 4.78 is 91.2. The van der Waals surface area contributed by atoms with Gasteiger partial charge in [-0.15, -0.1) is 0 Å². The number of thioether (sulfide) groups is 1. The summed E-state index contributed by atoms with van der Waals surface area (Å²) in [5.41, 5.74) is -2.98. The van der Waals surface area contributed by atoms with Gasteiger partial charge in [-0.05, 0) is 49.8 Å². The molecule has 2 heterocycles. The molecule has 2 fully saturated rings. The van der Waals surface area contributed by atoms with Crippen LogP contribution in [0.15, 0.2) is 22.6 Å². The Kier molecular flexibility index (Phi) is 8.46. The number of aryl methyl sites for hydroxylation is 1. The Labute approximate surface area is 218 Å². The zero-order valence-corrected chi connectivity index (χ0v) is 21.2. The Morgan fingerprint density at radius 3 is 2.32 bits per heavy atom. The number of halogens is 6. The quantitative estimate of drug-likeness (QED) is 0.343. The Bertz CT molecular complexity index is 1150. The van der Waals surface area contributed by atoms with Gasteiger partial charge in [0.25, 0.3) is 5.24 Å². The maximum absolute atomic E-state index is 13.3. The van der Waals surface area contributed by atoms with E-state index in [4.69, 9.17) is 9.15 Å². The number of alkyl halides is 6. The lowest BCUT2D eigenvalue weighted by Gasteiger charge is -2.29. The molecule has 4 rings (SSSR count). The molecule has 1 saturated carbocycles. The monoisotopic (exact) mass is 564 g/mol. The van der Waals surface area contributed by atoms with E-state index in [1.165, 1.54) is 0 Å². The van der Waals surface area contributed by atoms with E-state index in [1.54, 1.807) is 6.92 Å². The Morgan fingerprint density at radius 1 is 1.05 bits per heavy atom. The molecule has 38 heavy (non-hydrogen) atoms. The molecule has 0 bridgehead atoms. The highest BCUT2D eigenvalue weighted by molar-refractivity contribution is 8.15. The van der Waals surface area contributed by atoms with Crippen LogP contribution in [0.2, 0.25) is 0 Å². The van der Waals surface area contributed by atoms with Gasteiger partial charge in [0.15, 0.2) is 0 Å². The molecule has 2 amide bonds. The summed E-state index contributed by atoms with van der Waals surface area (Å²) in [6, 6.07) is 1.24. The maximum Gasteiger partial charge on any atom is 0.416 e. The van der Waals surface area contributed by atoms with Crippen molar-refractivity contribution < 1.29 is 45.1 Å². The molecule has 0 spiro atoms. The van der Waals surface area contributed by atoms with Crippen molar-refractivity contribution in [2.24, 2.45) is 5.92 Å². The molecule has 2 aromatic rings. The molecule has 1 aromatic heterocycles. The molecule has 1 aliphatic heterocycles.